The van der Waals surface area contributed by atoms with Crippen LogP contribution in [0.4, 0.5) is 5.82 Å². The van der Waals surface area contributed by atoms with Crippen molar-refractivity contribution in [2.24, 2.45) is 0 Å². The maximum Gasteiger partial charge on any atom is 0.338 e. The lowest BCUT2D eigenvalue weighted by Gasteiger charge is -2.19. The van der Waals surface area contributed by atoms with Crippen LogP contribution < -0.4 is 10.1 Å². The normalized spacial score (nSPS) is 11.2. The molecule has 0 bridgehead atoms. The number of esters is 1. The number of ether oxygens (including phenoxy) is 2. The van der Waals surface area contributed by atoms with Gasteiger partial charge in [0.15, 0.2) is 11.5 Å². The SMILES string of the molecule is CC(C)(C)OC(=O)c1ccnc(Oc2ccc(CCNc3ncnc4nccnc34)cc2)c1. The average molecular weight is 444 g/mol. The molecule has 0 aliphatic carbocycles. The fraction of sp³-hybridized carbons (Fsp3) is 0.250. The van der Waals surface area contributed by atoms with Gasteiger partial charge in [-0.15, -0.1) is 0 Å². The quantitative estimate of drug-likeness (QED) is 0.419. The van der Waals surface area contributed by atoms with E-state index in [0.717, 1.165) is 12.0 Å². The summed E-state index contributed by atoms with van der Waals surface area (Å²) in [5.41, 5.74) is 2.14. The van der Waals surface area contributed by atoms with Crippen LogP contribution >= 0.6 is 0 Å². The van der Waals surface area contributed by atoms with Crippen LogP contribution in [0.3, 0.4) is 0 Å². The molecule has 3 aromatic heterocycles. The molecule has 0 atom stereocenters. The molecule has 168 valence electrons. The smallest absolute Gasteiger partial charge is 0.338 e. The lowest BCUT2D eigenvalue weighted by Crippen LogP contribution is -2.23. The van der Waals surface area contributed by atoms with E-state index in [2.05, 4.69) is 30.2 Å². The Bertz CT molecular complexity index is 1250. The Hall–Kier alpha value is -4.14. The van der Waals surface area contributed by atoms with Gasteiger partial charge in [0.2, 0.25) is 5.88 Å². The van der Waals surface area contributed by atoms with Gasteiger partial charge in [-0.1, -0.05) is 12.1 Å². The molecule has 0 amide bonds. The molecule has 0 saturated carbocycles. The molecule has 9 nitrogen and oxygen atoms in total. The summed E-state index contributed by atoms with van der Waals surface area (Å²) in [5, 5.41) is 3.28. The summed E-state index contributed by atoms with van der Waals surface area (Å²) >= 11 is 0. The minimum atomic E-state index is -0.569. The van der Waals surface area contributed by atoms with Crippen LogP contribution in [0.1, 0.15) is 36.7 Å². The summed E-state index contributed by atoms with van der Waals surface area (Å²) in [6, 6.07) is 10.9. The molecule has 0 unspecified atom stereocenters. The van der Waals surface area contributed by atoms with E-state index in [1.54, 1.807) is 24.5 Å². The van der Waals surface area contributed by atoms with Crippen molar-refractivity contribution >= 4 is 23.0 Å². The fourth-order valence-corrected chi connectivity index (χ4v) is 3.02. The van der Waals surface area contributed by atoms with Crippen LogP contribution in [0, 0.1) is 0 Å². The van der Waals surface area contributed by atoms with E-state index in [1.807, 2.05) is 45.0 Å². The highest BCUT2D eigenvalue weighted by atomic mass is 16.6. The van der Waals surface area contributed by atoms with Crippen molar-refractivity contribution < 1.29 is 14.3 Å². The molecule has 0 aliphatic rings. The Morgan fingerprint density at radius 2 is 1.73 bits per heavy atom. The number of anilines is 1. The lowest BCUT2D eigenvalue weighted by atomic mass is 10.1. The highest BCUT2D eigenvalue weighted by Gasteiger charge is 2.18. The first-order valence-electron chi connectivity index (χ1n) is 10.5. The molecule has 33 heavy (non-hydrogen) atoms. The molecule has 4 aromatic rings. The standard InChI is InChI=1S/C24H24N6O3/c1-24(2,3)33-23(31)17-9-11-25-19(14-17)32-18-6-4-16(5-7-18)8-10-27-21-20-22(30-15-29-21)28-13-12-26-20/h4-7,9,11-15H,8,10H2,1-3H3,(H,27,28,29,30). The van der Waals surface area contributed by atoms with Crippen molar-refractivity contribution in [2.75, 3.05) is 11.9 Å². The van der Waals surface area contributed by atoms with E-state index in [9.17, 15) is 4.79 Å². The summed E-state index contributed by atoms with van der Waals surface area (Å²) in [5.74, 6) is 1.19. The minimum absolute atomic E-state index is 0.324. The highest BCUT2D eigenvalue weighted by molar-refractivity contribution is 5.89. The van der Waals surface area contributed by atoms with Gasteiger partial charge in [-0.2, -0.15) is 0 Å². The van der Waals surface area contributed by atoms with Gasteiger partial charge >= 0.3 is 5.97 Å². The molecule has 3 heterocycles. The number of carbonyl (C=O) groups is 1. The van der Waals surface area contributed by atoms with E-state index in [4.69, 9.17) is 9.47 Å². The lowest BCUT2D eigenvalue weighted by molar-refractivity contribution is 0.00690. The van der Waals surface area contributed by atoms with Crippen LogP contribution in [0.15, 0.2) is 61.3 Å². The van der Waals surface area contributed by atoms with Gasteiger partial charge in [-0.05, 0) is 51.0 Å². The fourth-order valence-electron chi connectivity index (χ4n) is 3.02. The van der Waals surface area contributed by atoms with E-state index in [0.29, 0.717) is 40.7 Å². The van der Waals surface area contributed by atoms with Crippen LogP contribution in [0.2, 0.25) is 0 Å². The molecule has 0 spiro atoms. The molecule has 0 aliphatic heterocycles. The second kappa shape index (κ2) is 9.56. The molecule has 0 radical (unpaired) electrons. The number of rotatable bonds is 7. The van der Waals surface area contributed by atoms with Crippen LogP contribution in [0.25, 0.3) is 11.2 Å². The third-order valence-corrected chi connectivity index (χ3v) is 4.49. The molecule has 0 saturated heterocycles. The molecule has 1 aromatic carbocycles. The first-order valence-corrected chi connectivity index (χ1v) is 10.5. The summed E-state index contributed by atoms with van der Waals surface area (Å²) < 4.78 is 11.2. The Morgan fingerprint density at radius 1 is 0.939 bits per heavy atom. The Morgan fingerprint density at radius 3 is 2.52 bits per heavy atom. The number of aromatic nitrogens is 5. The minimum Gasteiger partial charge on any atom is -0.456 e. The van der Waals surface area contributed by atoms with Crippen molar-refractivity contribution in [3.05, 3.63) is 72.4 Å². The number of hydrogen-bond acceptors (Lipinski definition) is 9. The summed E-state index contributed by atoms with van der Waals surface area (Å²) in [6.07, 6.45) is 6.99. The topological polar surface area (TPSA) is 112 Å². The zero-order chi connectivity index (χ0) is 23.3. The number of hydrogen-bond donors (Lipinski definition) is 1. The van der Waals surface area contributed by atoms with E-state index in [1.165, 1.54) is 12.5 Å². The van der Waals surface area contributed by atoms with Crippen molar-refractivity contribution in [1.29, 1.82) is 0 Å². The first-order chi connectivity index (χ1) is 15.9. The Kier molecular flexibility index (Phi) is 6.39. The second-order valence-electron chi connectivity index (χ2n) is 8.26. The van der Waals surface area contributed by atoms with Crippen LogP contribution in [-0.2, 0) is 11.2 Å². The maximum absolute atomic E-state index is 12.3. The molecular weight excluding hydrogens is 420 g/mol. The third-order valence-electron chi connectivity index (χ3n) is 4.49. The predicted molar refractivity (Wildman–Crippen MR) is 123 cm³/mol. The van der Waals surface area contributed by atoms with Gasteiger partial charge < -0.3 is 14.8 Å². The molecule has 0 fully saturated rings. The second-order valence-corrected chi connectivity index (χ2v) is 8.26. The number of carbonyl (C=O) groups excluding carboxylic acids is 1. The van der Waals surface area contributed by atoms with Crippen molar-refractivity contribution in [3.8, 4) is 11.6 Å². The predicted octanol–water partition coefficient (Wildman–Crippen LogP) is 4.22. The molecule has 1 N–H and O–H groups in total. The number of fused-ring (bicyclic) bond motifs is 1. The van der Waals surface area contributed by atoms with E-state index in [-0.39, 0.29) is 0 Å². The van der Waals surface area contributed by atoms with E-state index < -0.39 is 11.6 Å². The number of nitrogens with one attached hydrogen (secondary N) is 1. The van der Waals surface area contributed by atoms with E-state index >= 15 is 0 Å². The Labute approximate surface area is 191 Å². The number of benzene rings is 1. The van der Waals surface area contributed by atoms with Gasteiger partial charge in [0.1, 0.15) is 23.2 Å². The van der Waals surface area contributed by atoms with Crippen molar-refractivity contribution in [2.45, 2.75) is 32.8 Å². The van der Waals surface area contributed by atoms with Crippen molar-refractivity contribution in [1.82, 2.24) is 24.9 Å². The maximum atomic E-state index is 12.3. The first kappa shape index (κ1) is 22.1. The number of pyridine rings is 1. The summed E-state index contributed by atoms with van der Waals surface area (Å²) in [4.78, 5) is 33.3. The summed E-state index contributed by atoms with van der Waals surface area (Å²) in [6.45, 7) is 6.14. The van der Waals surface area contributed by atoms with Gasteiger partial charge in [-0.3, -0.25) is 0 Å². The zero-order valence-corrected chi connectivity index (χ0v) is 18.6. The summed E-state index contributed by atoms with van der Waals surface area (Å²) in [7, 11) is 0. The third kappa shape index (κ3) is 5.97. The molecular formula is C24H24N6O3. The number of nitrogens with zero attached hydrogens (tertiary/aromatic N) is 5. The zero-order valence-electron chi connectivity index (χ0n) is 18.6. The van der Waals surface area contributed by atoms with Gasteiger partial charge in [-0.25, -0.2) is 29.7 Å². The highest BCUT2D eigenvalue weighted by Crippen LogP contribution is 2.22. The largest absolute Gasteiger partial charge is 0.456 e. The molecule has 9 heteroatoms. The van der Waals surface area contributed by atoms with Gasteiger partial charge in [0, 0.05) is 31.2 Å². The average Bonchev–Trinajstić information content (AvgIpc) is 2.79. The van der Waals surface area contributed by atoms with Gasteiger partial charge in [0.05, 0.1) is 5.56 Å². The van der Waals surface area contributed by atoms with Gasteiger partial charge in [0.25, 0.3) is 0 Å². The van der Waals surface area contributed by atoms with Crippen molar-refractivity contribution in [3.63, 3.8) is 0 Å². The monoisotopic (exact) mass is 444 g/mol. The Balaban J connectivity index is 1.34. The van der Waals surface area contributed by atoms with Crippen LogP contribution in [0.5, 0.6) is 11.6 Å². The van der Waals surface area contributed by atoms with Crippen LogP contribution in [-0.4, -0.2) is 43.0 Å². The molecule has 4 rings (SSSR count).